The van der Waals surface area contributed by atoms with E-state index in [1.165, 1.54) is 12.7 Å². The Labute approximate surface area is 148 Å². The molecule has 0 spiro atoms. The van der Waals surface area contributed by atoms with Crippen LogP contribution in [0.15, 0.2) is 48.3 Å². The van der Waals surface area contributed by atoms with Gasteiger partial charge in [-0.1, -0.05) is 11.6 Å². The number of rotatable bonds is 5. The number of nitro benzene ring substituents is 1. The Kier molecular flexibility index (Phi) is 4.78. The standard InChI is InChI=1S/C17H16FN5O3/c1-11-4-3-7-22(10-11)16-5-6-19-17(21-16)20-13-9-14(23(24)25)12(18)8-15(13)26-2/h3-9H,10H2,1-2H3,(H,19,20,21). The van der Waals surface area contributed by atoms with Crippen molar-refractivity contribution in [3.8, 4) is 5.75 Å². The van der Waals surface area contributed by atoms with Crippen LogP contribution < -0.4 is 15.0 Å². The minimum absolute atomic E-state index is 0.110. The van der Waals surface area contributed by atoms with Gasteiger partial charge in [-0.3, -0.25) is 10.1 Å². The quantitative estimate of drug-likeness (QED) is 0.646. The first-order valence-electron chi connectivity index (χ1n) is 7.70. The molecular formula is C17H16FN5O3. The van der Waals surface area contributed by atoms with Crippen molar-refractivity contribution in [2.24, 2.45) is 0 Å². The largest absolute Gasteiger partial charge is 0.494 e. The van der Waals surface area contributed by atoms with Crippen LogP contribution in [0.25, 0.3) is 0 Å². The van der Waals surface area contributed by atoms with Crippen LogP contribution in [-0.2, 0) is 0 Å². The van der Waals surface area contributed by atoms with Crippen LogP contribution >= 0.6 is 0 Å². The van der Waals surface area contributed by atoms with E-state index >= 15 is 0 Å². The molecule has 1 aromatic heterocycles. The van der Waals surface area contributed by atoms with E-state index in [1.54, 1.807) is 12.3 Å². The van der Waals surface area contributed by atoms with E-state index in [0.29, 0.717) is 12.4 Å². The van der Waals surface area contributed by atoms with E-state index in [1.807, 2.05) is 30.2 Å². The first-order chi connectivity index (χ1) is 12.5. The average molecular weight is 357 g/mol. The third-order valence-corrected chi connectivity index (χ3v) is 3.71. The van der Waals surface area contributed by atoms with Crippen molar-refractivity contribution in [2.45, 2.75) is 6.92 Å². The number of benzene rings is 1. The number of methoxy groups -OCH3 is 1. The van der Waals surface area contributed by atoms with Crippen molar-refractivity contribution < 1.29 is 14.1 Å². The summed E-state index contributed by atoms with van der Waals surface area (Å²) in [5, 5.41) is 13.8. The predicted octanol–water partition coefficient (Wildman–Crippen LogP) is 3.56. The van der Waals surface area contributed by atoms with Gasteiger partial charge in [0.25, 0.3) is 0 Å². The SMILES string of the molecule is COc1cc(F)c([N+](=O)[O-])cc1Nc1nccc(N2C=CC=C(C)C2)n1. The molecular weight excluding hydrogens is 341 g/mol. The zero-order valence-corrected chi connectivity index (χ0v) is 14.1. The number of hydrogen-bond acceptors (Lipinski definition) is 7. The summed E-state index contributed by atoms with van der Waals surface area (Å²) in [7, 11) is 1.34. The van der Waals surface area contributed by atoms with E-state index in [9.17, 15) is 14.5 Å². The molecule has 0 unspecified atom stereocenters. The number of allylic oxidation sites excluding steroid dienone is 2. The molecule has 0 fully saturated rings. The highest BCUT2D eigenvalue weighted by Gasteiger charge is 2.20. The molecule has 0 radical (unpaired) electrons. The van der Waals surface area contributed by atoms with Gasteiger partial charge >= 0.3 is 5.69 Å². The van der Waals surface area contributed by atoms with Crippen molar-refractivity contribution in [2.75, 3.05) is 23.9 Å². The van der Waals surface area contributed by atoms with Crippen molar-refractivity contribution in [3.63, 3.8) is 0 Å². The third-order valence-electron chi connectivity index (χ3n) is 3.71. The van der Waals surface area contributed by atoms with Crippen molar-refractivity contribution in [1.29, 1.82) is 0 Å². The molecule has 134 valence electrons. The second-order valence-corrected chi connectivity index (χ2v) is 5.61. The van der Waals surface area contributed by atoms with Crippen LogP contribution in [-0.4, -0.2) is 28.5 Å². The molecule has 0 atom stereocenters. The summed E-state index contributed by atoms with van der Waals surface area (Å²) in [5.74, 6) is -0.00405. The zero-order valence-electron chi connectivity index (χ0n) is 14.1. The fourth-order valence-electron chi connectivity index (χ4n) is 2.48. The molecule has 2 aromatic rings. The number of nitrogens with zero attached hydrogens (tertiary/aromatic N) is 4. The Hall–Kier alpha value is -3.49. The Bertz CT molecular complexity index is 913. The van der Waals surface area contributed by atoms with Gasteiger partial charge in [-0.15, -0.1) is 0 Å². The molecule has 1 N–H and O–H groups in total. The van der Waals surface area contributed by atoms with Crippen LogP contribution in [0.4, 0.5) is 27.5 Å². The molecule has 3 rings (SSSR count). The minimum Gasteiger partial charge on any atom is -0.494 e. The first-order valence-corrected chi connectivity index (χ1v) is 7.70. The monoisotopic (exact) mass is 357 g/mol. The number of halogens is 1. The Balaban J connectivity index is 1.91. The molecule has 0 bridgehead atoms. The molecule has 1 aliphatic heterocycles. The van der Waals surface area contributed by atoms with Gasteiger partial charge in [-0.05, 0) is 19.1 Å². The van der Waals surface area contributed by atoms with Crippen LogP contribution in [0.3, 0.4) is 0 Å². The minimum atomic E-state index is -0.979. The maximum Gasteiger partial charge on any atom is 0.307 e. The summed E-state index contributed by atoms with van der Waals surface area (Å²) in [6.45, 7) is 2.71. The van der Waals surface area contributed by atoms with Gasteiger partial charge in [0.15, 0.2) is 0 Å². The maximum absolute atomic E-state index is 13.8. The first kappa shape index (κ1) is 17.3. The topological polar surface area (TPSA) is 93.4 Å². The van der Waals surface area contributed by atoms with Crippen molar-refractivity contribution in [1.82, 2.24) is 9.97 Å². The lowest BCUT2D eigenvalue weighted by molar-refractivity contribution is -0.387. The van der Waals surface area contributed by atoms with Crippen molar-refractivity contribution in [3.05, 3.63) is 64.3 Å². The van der Waals surface area contributed by atoms with Gasteiger partial charge < -0.3 is 15.0 Å². The van der Waals surface area contributed by atoms with Gasteiger partial charge in [0.1, 0.15) is 11.6 Å². The van der Waals surface area contributed by atoms with Crippen LogP contribution in [0.1, 0.15) is 6.92 Å². The fourth-order valence-corrected chi connectivity index (χ4v) is 2.48. The van der Waals surface area contributed by atoms with Crippen molar-refractivity contribution >= 4 is 23.1 Å². The molecule has 9 heteroatoms. The number of ether oxygens (including phenoxy) is 1. The highest BCUT2D eigenvalue weighted by atomic mass is 19.1. The van der Waals surface area contributed by atoms with E-state index < -0.39 is 16.4 Å². The third kappa shape index (κ3) is 3.61. The second-order valence-electron chi connectivity index (χ2n) is 5.61. The number of nitrogens with one attached hydrogen (secondary N) is 1. The molecule has 1 aliphatic rings. The molecule has 0 amide bonds. The molecule has 0 aliphatic carbocycles. The number of aromatic nitrogens is 2. The maximum atomic E-state index is 13.8. The summed E-state index contributed by atoms with van der Waals surface area (Å²) in [5.41, 5.74) is 0.712. The molecule has 8 nitrogen and oxygen atoms in total. The van der Waals surface area contributed by atoms with Gasteiger partial charge in [-0.2, -0.15) is 9.37 Å². The molecule has 0 saturated heterocycles. The molecule has 2 heterocycles. The Morgan fingerprint density at radius 2 is 2.23 bits per heavy atom. The van der Waals surface area contributed by atoms with Gasteiger partial charge in [0.05, 0.1) is 17.7 Å². The summed E-state index contributed by atoms with van der Waals surface area (Å²) in [6.07, 6.45) is 7.39. The molecule has 26 heavy (non-hydrogen) atoms. The van der Waals surface area contributed by atoms with E-state index in [4.69, 9.17) is 4.74 Å². The molecule has 0 saturated carbocycles. The smallest absolute Gasteiger partial charge is 0.307 e. The lowest BCUT2D eigenvalue weighted by Gasteiger charge is -2.22. The highest BCUT2D eigenvalue weighted by molar-refractivity contribution is 5.67. The van der Waals surface area contributed by atoms with E-state index in [-0.39, 0.29) is 17.4 Å². The summed E-state index contributed by atoms with van der Waals surface area (Å²) >= 11 is 0. The summed E-state index contributed by atoms with van der Waals surface area (Å²) < 4.78 is 18.8. The highest BCUT2D eigenvalue weighted by Crippen LogP contribution is 2.33. The van der Waals surface area contributed by atoms with E-state index in [2.05, 4.69) is 15.3 Å². The lowest BCUT2D eigenvalue weighted by atomic mass is 10.2. The van der Waals surface area contributed by atoms with Gasteiger partial charge in [0, 0.05) is 31.1 Å². The number of hydrogen-bond donors (Lipinski definition) is 1. The van der Waals surface area contributed by atoms with Gasteiger partial charge in [0.2, 0.25) is 11.8 Å². The Morgan fingerprint density at radius 3 is 2.92 bits per heavy atom. The lowest BCUT2D eigenvalue weighted by Crippen LogP contribution is -2.21. The predicted molar refractivity (Wildman–Crippen MR) is 95.2 cm³/mol. The van der Waals surface area contributed by atoms with Crippen LogP contribution in [0.5, 0.6) is 5.75 Å². The van der Waals surface area contributed by atoms with Crippen LogP contribution in [0, 0.1) is 15.9 Å². The molecule has 1 aromatic carbocycles. The summed E-state index contributed by atoms with van der Waals surface area (Å²) in [4.78, 5) is 20.6. The average Bonchev–Trinajstić information content (AvgIpc) is 2.63. The fraction of sp³-hybridized carbons (Fsp3) is 0.176. The normalized spacial score (nSPS) is 13.3. The Morgan fingerprint density at radius 1 is 1.42 bits per heavy atom. The van der Waals surface area contributed by atoms with Gasteiger partial charge in [-0.25, -0.2) is 4.98 Å². The van der Waals surface area contributed by atoms with E-state index in [0.717, 1.165) is 12.1 Å². The van der Waals surface area contributed by atoms with Crippen LogP contribution in [0.2, 0.25) is 0 Å². The number of nitro groups is 1. The zero-order chi connectivity index (χ0) is 18.7. The number of anilines is 3. The second kappa shape index (κ2) is 7.18. The summed E-state index contributed by atoms with van der Waals surface area (Å²) in [6, 6.07) is 3.75.